The molecule has 2 aliphatic rings. The van der Waals surface area contributed by atoms with Crippen LogP contribution in [0.5, 0.6) is 11.5 Å². The molecule has 0 aliphatic heterocycles. The molecule has 0 bridgehead atoms. The summed E-state index contributed by atoms with van der Waals surface area (Å²) in [7, 11) is 2.78. The van der Waals surface area contributed by atoms with E-state index >= 15 is 0 Å². The second kappa shape index (κ2) is 8.70. The molecule has 1 saturated carbocycles. The molecule has 1 aromatic heterocycles. The average molecular weight is 458 g/mol. The molecule has 2 atom stereocenters. The molecular formula is C23H24ClN3O5. The number of hydrogen-bond donors (Lipinski definition) is 2. The van der Waals surface area contributed by atoms with Crippen LogP contribution in [0.15, 0.2) is 48.4 Å². The van der Waals surface area contributed by atoms with Crippen LogP contribution >= 0.6 is 11.6 Å². The van der Waals surface area contributed by atoms with E-state index in [1.54, 1.807) is 49.5 Å². The Hall–Kier alpha value is -3.26. The van der Waals surface area contributed by atoms with Gasteiger partial charge in [-0.05, 0) is 44.1 Å². The Morgan fingerprint density at radius 3 is 2.62 bits per heavy atom. The summed E-state index contributed by atoms with van der Waals surface area (Å²) in [6.07, 6.45) is 8.91. The molecular weight excluding hydrogens is 434 g/mol. The third kappa shape index (κ3) is 4.65. The van der Waals surface area contributed by atoms with E-state index in [1.807, 2.05) is 0 Å². The highest BCUT2D eigenvalue weighted by Gasteiger charge is 2.34. The van der Waals surface area contributed by atoms with Gasteiger partial charge in [0.05, 0.1) is 30.7 Å². The fourth-order valence-corrected chi connectivity index (χ4v) is 3.68. The van der Waals surface area contributed by atoms with Gasteiger partial charge in [0.15, 0.2) is 0 Å². The summed E-state index contributed by atoms with van der Waals surface area (Å²) < 4.78 is 16.3. The van der Waals surface area contributed by atoms with Gasteiger partial charge in [-0.3, -0.25) is 4.98 Å². The number of rotatable bonds is 6. The Morgan fingerprint density at radius 1 is 1.19 bits per heavy atom. The van der Waals surface area contributed by atoms with Crippen molar-refractivity contribution in [2.75, 3.05) is 14.2 Å². The zero-order chi connectivity index (χ0) is 22.9. The molecule has 0 spiro atoms. The minimum atomic E-state index is -0.895. The van der Waals surface area contributed by atoms with Crippen molar-refractivity contribution in [1.29, 1.82) is 0 Å². The first-order chi connectivity index (χ1) is 15.3. The first-order valence-corrected chi connectivity index (χ1v) is 10.6. The smallest absolute Gasteiger partial charge is 0.341 e. The van der Waals surface area contributed by atoms with Crippen LogP contribution in [0.2, 0.25) is 0 Å². The molecule has 2 unspecified atom stereocenters. The van der Waals surface area contributed by atoms with Crippen LogP contribution in [-0.4, -0.2) is 48.2 Å². The zero-order valence-corrected chi connectivity index (χ0v) is 18.7. The average Bonchev–Trinajstić information content (AvgIpc) is 3.58. The molecule has 1 heterocycles. The van der Waals surface area contributed by atoms with E-state index in [0.717, 1.165) is 12.8 Å². The topological polar surface area (TPSA) is 98.8 Å². The standard InChI is InChI=1S/C23H24ClN3O5/c1-23(24)12-14(6-7-20(23)27-22(29)26-13-4-5-13)32-18-8-9-25-17-11-19(30-2)16(10-15(17)18)21(28)31-3/h6-13,20H,4-5H2,1-3H3,(H2,26,27,29). The number of hydrogen-bond acceptors (Lipinski definition) is 6. The van der Waals surface area contributed by atoms with E-state index in [4.69, 9.17) is 25.8 Å². The number of esters is 1. The van der Waals surface area contributed by atoms with Gasteiger partial charge >= 0.3 is 12.0 Å². The summed E-state index contributed by atoms with van der Waals surface area (Å²) >= 11 is 6.70. The van der Waals surface area contributed by atoms with Crippen LogP contribution in [-0.2, 0) is 4.74 Å². The highest BCUT2D eigenvalue weighted by molar-refractivity contribution is 6.26. The summed E-state index contributed by atoms with van der Waals surface area (Å²) in [4.78, 5) is 27.7. The Bertz CT molecular complexity index is 1120. The first-order valence-electron chi connectivity index (χ1n) is 10.2. The highest BCUT2D eigenvalue weighted by atomic mass is 35.5. The SMILES string of the molecule is COC(=O)c1cc2c(OC3=CC(C)(Cl)C(NC(=O)NC4CC4)C=C3)ccnc2cc1OC. The number of carbonyl (C=O) groups is 2. The number of pyridine rings is 1. The van der Waals surface area contributed by atoms with Crippen LogP contribution in [0.25, 0.3) is 10.9 Å². The number of halogens is 1. The lowest BCUT2D eigenvalue weighted by molar-refractivity contribution is 0.0597. The van der Waals surface area contributed by atoms with Crippen molar-refractivity contribution >= 4 is 34.5 Å². The molecule has 8 nitrogen and oxygen atoms in total. The van der Waals surface area contributed by atoms with Crippen molar-refractivity contribution in [3.63, 3.8) is 0 Å². The van der Waals surface area contributed by atoms with Gasteiger partial charge in [-0.2, -0.15) is 0 Å². The number of alkyl halides is 1. The summed E-state index contributed by atoms with van der Waals surface area (Å²) in [5, 5.41) is 6.39. The molecule has 0 radical (unpaired) electrons. The quantitative estimate of drug-likeness (QED) is 0.507. The lowest BCUT2D eigenvalue weighted by Gasteiger charge is -2.31. The number of urea groups is 1. The van der Waals surface area contributed by atoms with E-state index < -0.39 is 16.9 Å². The zero-order valence-electron chi connectivity index (χ0n) is 18.0. The van der Waals surface area contributed by atoms with E-state index in [-0.39, 0.29) is 17.6 Å². The van der Waals surface area contributed by atoms with E-state index in [0.29, 0.717) is 28.2 Å². The minimum absolute atomic E-state index is 0.240. The predicted octanol–water partition coefficient (Wildman–Crippen LogP) is 3.69. The summed E-state index contributed by atoms with van der Waals surface area (Å²) in [5.41, 5.74) is 0.860. The summed E-state index contributed by atoms with van der Waals surface area (Å²) in [5.74, 6) is 0.828. The lowest BCUT2D eigenvalue weighted by atomic mass is 9.95. The molecule has 168 valence electrons. The maximum Gasteiger partial charge on any atom is 0.341 e. The maximum absolute atomic E-state index is 12.2. The van der Waals surface area contributed by atoms with Gasteiger partial charge in [0.1, 0.15) is 22.8 Å². The van der Waals surface area contributed by atoms with E-state index in [1.165, 1.54) is 14.2 Å². The fourth-order valence-electron chi connectivity index (χ4n) is 3.45. The van der Waals surface area contributed by atoms with Crippen molar-refractivity contribution < 1.29 is 23.8 Å². The Morgan fingerprint density at radius 2 is 1.97 bits per heavy atom. The van der Waals surface area contributed by atoms with Crippen LogP contribution in [0, 0.1) is 0 Å². The van der Waals surface area contributed by atoms with Gasteiger partial charge in [0.25, 0.3) is 0 Å². The number of fused-ring (bicyclic) bond motifs is 1. The molecule has 2 amide bonds. The fraction of sp³-hybridized carbons (Fsp3) is 0.348. The van der Waals surface area contributed by atoms with Crippen LogP contribution in [0.3, 0.4) is 0 Å². The van der Waals surface area contributed by atoms with Gasteiger partial charge in [0.2, 0.25) is 0 Å². The Labute approximate surface area is 190 Å². The highest BCUT2D eigenvalue weighted by Crippen LogP contribution is 2.34. The number of ether oxygens (including phenoxy) is 3. The molecule has 1 aromatic carbocycles. The van der Waals surface area contributed by atoms with E-state index in [2.05, 4.69) is 15.6 Å². The third-order valence-corrected chi connectivity index (χ3v) is 5.68. The Kier molecular flexibility index (Phi) is 5.97. The molecule has 0 saturated heterocycles. The second-order valence-corrected chi connectivity index (χ2v) is 8.71. The number of nitrogens with zero attached hydrogens (tertiary/aromatic N) is 1. The van der Waals surface area contributed by atoms with Crippen molar-refractivity contribution in [2.24, 2.45) is 0 Å². The van der Waals surface area contributed by atoms with Gasteiger partial charge in [-0.25, -0.2) is 9.59 Å². The molecule has 4 rings (SSSR count). The third-order valence-electron chi connectivity index (χ3n) is 5.34. The number of amides is 2. The monoisotopic (exact) mass is 457 g/mol. The molecule has 1 fully saturated rings. The maximum atomic E-state index is 12.2. The number of allylic oxidation sites excluding steroid dienone is 1. The van der Waals surface area contributed by atoms with Crippen molar-refractivity contribution in [3.05, 3.63) is 53.9 Å². The predicted molar refractivity (Wildman–Crippen MR) is 120 cm³/mol. The number of benzene rings is 1. The van der Waals surface area contributed by atoms with Crippen molar-refractivity contribution in [3.8, 4) is 11.5 Å². The summed E-state index contributed by atoms with van der Waals surface area (Å²) in [6.45, 7) is 1.80. The van der Waals surface area contributed by atoms with Gasteiger partial charge in [0, 0.05) is 23.7 Å². The largest absolute Gasteiger partial charge is 0.496 e. The van der Waals surface area contributed by atoms with Gasteiger partial charge < -0.3 is 24.8 Å². The molecule has 2 aromatic rings. The number of carbonyl (C=O) groups excluding carboxylic acids is 2. The van der Waals surface area contributed by atoms with Gasteiger partial charge in [-0.15, -0.1) is 11.6 Å². The summed E-state index contributed by atoms with van der Waals surface area (Å²) in [6, 6.07) is 4.60. The second-order valence-electron chi connectivity index (χ2n) is 7.90. The van der Waals surface area contributed by atoms with E-state index in [9.17, 15) is 9.59 Å². The van der Waals surface area contributed by atoms with Gasteiger partial charge in [-0.1, -0.05) is 6.08 Å². The lowest BCUT2D eigenvalue weighted by Crippen LogP contribution is -2.50. The first kappa shape index (κ1) is 22.0. The Balaban J connectivity index is 1.58. The number of methoxy groups -OCH3 is 2. The number of aromatic nitrogens is 1. The minimum Gasteiger partial charge on any atom is -0.496 e. The normalized spacial score (nSPS) is 22.1. The van der Waals surface area contributed by atoms with Crippen LogP contribution in [0.1, 0.15) is 30.1 Å². The van der Waals surface area contributed by atoms with Crippen molar-refractivity contribution in [2.45, 2.75) is 36.7 Å². The molecule has 2 N–H and O–H groups in total. The number of nitrogens with one attached hydrogen (secondary N) is 2. The van der Waals surface area contributed by atoms with Crippen LogP contribution < -0.4 is 20.1 Å². The molecule has 9 heteroatoms. The molecule has 2 aliphatic carbocycles. The molecule has 32 heavy (non-hydrogen) atoms. The van der Waals surface area contributed by atoms with Crippen molar-refractivity contribution in [1.82, 2.24) is 15.6 Å². The van der Waals surface area contributed by atoms with Crippen LogP contribution in [0.4, 0.5) is 4.79 Å².